The molecule has 1 rings (SSSR count). The molecular formula is C11H15FN2O. The monoisotopic (exact) mass is 210 g/mol. The Morgan fingerprint density at radius 3 is 2.60 bits per heavy atom. The van der Waals surface area contributed by atoms with E-state index >= 15 is 0 Å². The van der Waals surface area contributed by atoms with E-state index in [9.17, 15) is 9.18 Å². The molecule has 0 aromatic heterocycles. The molecule has 0 fully saturated rings. The number of hydrogen-bond donors (Lipinski definition) is 2. The Bertz CT molecular complexity index is 324. The summed E-state index contributed by atoms with van der Waals surface area (Å²) in [6.45, 7) is 2.49. The van der Waals surface area contributed by atoms with Crippen LogP contribution in [0.2, 0.25) is 0 Å². The lowest BCUT2D eigenvalue weighted by atomic mass is 10.2. The summed E-state index contributed by atoms with van der Waals surface area (Å²) >= 11 is 0. The summed E-state index contributed by atoms with van der Waals surface area (Å²) in [5.41, 5.74) is 6.03. The van der Waals surface area contributed by atoms with Crippen molar-refractivity contribution in [1.29, 1.82) is 0 Å². The third-order valence-corrected chi connectivity index (χ3v) is 2.08. The number of halogens is 1. The summed E-state index contributed by atoms with van der Waals surface area (Å²) in [5, 5.41) is 3.13. The Balaban J connectivity index is 2.36. The summed E-state index contributed by atoms with van der Waals surface area (Å²) in [7, 11) is 0. The molecular weight excluding hydrogens is 195 g/mol. The summed E-state index contributed by atoms with van der Waals surface area (Å²) in [5.74, 6) is -0.571. The minimum Gasteiger partial charge on any atom is -0.370 e. The first-order valence-electron chi connectivity index (χ1n) is 4.84. The zero-order valence-electron chi connectivity index (χ0n) is 8.66. The highest BCUT2D eigenvalue weighted by Crippen LogP contribution is 2.03. The van der Waals surface area contributed by atoms with Crippen molar-refractivity contribution in [2.24, 2.45) is 5.73 Å². The van der Waals surface area contributed by atoms with Crippen molar-refractivity contribution in [3.8, 4) is 0 Å². The molecule has 1 unspecified atom stereocenters. The number of hydrogen-bond acceptors (Lipinski definition) is 2. The minimum atomic E-state index is -0.325. The van der Waals surface area contributed by atoms with E-state index in [1.807, 2.05) is 6.92 Å². The average Bonchev–Trinajstić information content (AvgIpc) is 2.16. The van der Waals surface area contributed by atoms with E-state index in [2.05, 4.69) is 5.32 Å². The average molecular weight is 210 g/mol. The van der Waals surface area contributed by atoms with E-state index in [1.165, 1.54) is 12.1 Å². The van der Waals surface area contributed by atoms with E-state index < -0.39 is 0 Å². The third-order valence-electron chi connectivity index (χ3n) is 2.08. The Kier molecular flexibility index (Phi) is 4.24. The van der Waals surface area contributed by atoms with Gasteiger partial charge in [0, 0.05) is 19.0 Å². The molecule has 3 N–H and O–H groups in total. The first kappa shape index (κ1) is 11.7. The smallest absolute Gasteiger partial charge is 0.218 e. The maximum Gasteiger partial charge on any atom is 0.218 e. The molecule has 0 heterocycles. The summed E-state index contributed by atoms with van der Waals surface area (Å²) < 4.78 is 12.6. The van der Waals surface area contributed by atoms with Gasteiger partial charge in [0.05, 0.1) is 0 Å². The van der Waals surface area contributed by atoms with Crippen molar-refractivity contribution in [1.82, 2.24) is 5.32 Å². The second kappa shape index (κ2) is 5.46. The van der Waals surface area contributed by atoms with Gasteiger partial charge in [-0.2, -0.15) is 0 Å². The van der Waals surface area contributed by atoms with E-state index in [4.69, 9.17) is 5.73 Å². The summed E-state index contributed by atoms with van der Waals surface area (Å²) in [6.07, 6.45) is 0.307. The first-order valence-corrected chi connectivity index (χ1v) is 4.84. The van der Waals surface area contributed by atoms with Crippen LogP contribution in [0.25, 0.3) is 0 Å². The van der Waals surface area contributed by atoms with Crippen LogP contribution in [0.1, 0.15) is 18.9 Å². The Morgan fingerprint density at radius 2 is 2.07 bits per heavy atom. The van der Waals surface area contributed by atoms with Crippen LogP contribution < -0.4 is 11.1 Å². The lowest BCUT2D eigenvalue weighted by Crippen LogP contribution is -2.30. The molecule has 0 radical (unpaired) electrons. The zero-order chi connectivity index (χ0) is 11.3. The normalized spacial score (nSPS) is 12.4. The second-order valence-electron chi connectivity index (χ2n) is 3.58. The SMILES string of the molecule is CC(CC(N)=O)NCc1ccc(F)cc1. The highest BCUT2D eigenvalue weighted by molar-refractivity contribution is 5.74. The predicted molar refractivity (Wildman–Crippen MR) is 56.5 cm³/mol. The number of amides is 1. The van der Waals surface area contributed by atoms with Crippen molar-refractivity contribution in [3.05, 3.63) is 35.6 Å². The van der Waals surface area contributed by atoms with Crippen molar-refractivity contribution >= 4 is 5.91 Å². The van der Waals surface area contributed by atoms with Crippen LogP contribution in [0.5, 0.6) is 0 Å². The van der Waals surface area contributed by atoms with Crippen LogP contribution in [0.4, 0.5) is 4.39 Å². The molecule has 1 aromatic carbocycles. The number of primary amides is 1. The Morgan fingerprint density at radius 1 is 1.47 bits per heavy atom. The second-order valence-corrected chi connectivity index (χ2v) is 3.58. The molecule has 0 aliphatic carbocycles. The highest BCUT2D eigenvalue weighted by atomic mass is 19.1. The molecule has 82 valence electrons. The molecule has 4 heteroatoms. The van der Waals surface area contributed by atoms with Gasteiger partial charge in [0.1, 0.15) is 5.82 Å². The van der Waals surface area contributed by atoms with Crippen LogP contribution in [-0.2, 0) is 11.3 Å². The zero-order valence-corrected chi connectivity index (χ0v) is 8.66. The molecule has 0 aliphatic rings. The fourth-order valence-corrected chi connectivity index (χ4v) is 1.27. The summed E-state index contributed by atoms with van der Waals surface area (Å²) in [6, 6.07) is 6.28. The van der Waals surface area contributed by atoms with E-state index in [-0.39, 0.29) is 17.8 Å². The van der Waals surface area contributed by atoms with Gasteiger partial charge in [-0.1, -0.05) is 12.1 Å². The standard InChI is InChI=1S/C11H15FN2O/c1-8(6-11(13)15)14-7-9-2-4-10(12)5-3-9/h2-5,8,14H,6-7H2,1H3,(H2,13,15). The summed E-state index contributed by atoms with van der Waals surface area (Å²) in [4.78, 5) is 10.6. The Labute approximate surface area is 88.5 Å². The Hall–Kier alpha value is -1.42. The number of carbonyl (C=O) groups excluding carboxylic acids is 1. The van der Waals surface area contributed by atoms with Crippen molar-refractivity contribution in [2.45, 2.75) is 25.9 Å². The molecule has 15 heavy (non-hydrogen) atoms. The molecule has 0 bridgehead atoms. The van der Waals surface area contributed by atoms with Crippen LogP contribution in [0, 0.1) is 5.82 Å². The predicted octanol–water partition coefficient (Wildman–Crippen LogP) is 1.18. The first-order chi connectivity index (χ1) is 7.08. The quantitative estimate of drug-likeness (QED) is 0.766. The minimum absolute atomic E-state index is 0.0348. The van der Waals surface area contributed by atoms with Gasteiger partial charge < -0.3 is 11.1 Å². The van der Waals surface area contributed by atoms with Crippen molar-refractivity contribution in [2.75, 3.05) is 0 Å². The fourth-order valence-electron chi connectivity index (χ4n) is 1.27. The van der Waals surface area contributed by atoms with Gasteiger partial charge in [-0.25, -0.2) is 4.39 Å². The number of rotatable bonds is 5. The van der Waals surface area contributed by atoms with Crippen LogP contribution >= 0.6 is 0 Å². The van der Waals surface area contributed by atoms with Gasteiger partial charge in [-0.15, -0.1) is 0 Å². The lowest BCUT2D eigenvalue weighted by molar-refractivity contribution is -0.118. The van der Waals surface area contributed by atoms with Gasteiger partial charge in [-0.3, -0.25) is 4.79 Å². The highest BCUT2D eigenvalue weighted by Gasteiger charge is 2.04. The molecule has 1 amide bonds. The van der Waals surface area contributed by atoms with Gasteiger partial charge in [-0.05, 0) is 24.6 Å². The molecule has 0 spiro atoms. The van der Waals surface area contributed by atoms with Gasteiger partial charge in [0.2, 0.25) is 5.91 Å². The van der Waals surface area contributed by atoms with Crippen LogP contribution in [0.3, 0.4) is 0 Å². The lowest BCUT2D eigenvalue weighted by Gasteiger charge is -2.11. The number of nitrogens with one attached hydrogen (secondary N) is 1. The molecule has 0 saturated carbocycles. The van der Waals surface area contributed by atoms with Crippen LogP contribution in [0.15, 0.2) is 24.3 Å². The van der Waals surface area contributed by atoms with E-state index in [1.54, 1.807) is 12.1 Å². The molecule has 3 nitrogen and oxygen atoms in total. The molecule has 1 atom stereocenters. The van der Waals surface area contributed by atoms with Crippen molar-refractivity contribution in [3.63, 3.8) is 0 Å². The van der Waals surface area contributed by atoms with Gasteiger partial charge in [0.25, 0.3) is 0 Å². The van der Waals surface area contributed by atoms with E-state index in [0.717, 1.165) is 5.56 Å². The molecule has 0 saturated heterocycles. The number of carbonyl (C=O) groups is 1. The molecule has 0 aliphatic heterocycles. The third kappa shape index (κ3) is 4.56. The van der Waals surface area contributed by atoms with Gasteiger partial charge in [0.15, 0.2) is 0 Å². The molecule has 1 aromatic rings. The van der Waals surface area contributed by atoms with Crippen LogP contribution in [-0.4, -0.2) is 11.9 Å². The van der Waals surface area contributed by atoms with Crippen molar-refractivity contribution < 1.29 is 9.18 Å². The van der Waals surface area contributed by atoms with Gasteiger partial charge >= 0.3 is 0 Å². The fraction of sp³-hybridized carbons (Fsp3) is 0.364. The number of nitrogens with two attached hydrogens (primary N) is 1. The topological polar surface area (TPSA) is 55.1 Å². The maximum absolute atomic E-state index is 12.6. The maximum atomic E-state index is 12.6. The number of benzene rings is 1. The largest absolute Gasteiger partial charge is 0.370 e. The van der Waals surface area contributed by atoms with E-state index in [0.29, 0.717) is 13.0 Å².